The van der Waals surface area contributed by atoms with Crippen molar-refractivity contribution in [3.8, 4) is 0 Å². The van der Waals surface area contributed by atoms with Crippen molar-refractivity contribution in [2.75, 3.05) is 25.2 Å². The number of esters is 1. The van der Waals surface area contributed by atoms with Gasteiger partial charge in [0.1, 0.15) is 6.61 Å². The van der Waals surface area contributed by atoms with E-state index in [-0.39, 0.29) is 12.0 Å². The van der Waals surface area contributed by atoms with Crippen molar-refractivity contribution < 1.29 is 14.3 Å². The second kappa shape index (κ2) is 8.75. The predicted molar refractivity (Wildman–Crippen MR) is 105 cm³/mol. The van der Waals surface area contributed by atoms with Crippen LogP contribution in [-0.4, -0.2) is 42.1 Å². The van der Waals surface area contributed by atoms with E-state index in [0.717, 1.165) is 20.6 Å². The van der Waals surface area contributed by atoms with E-state index >= 15 is 0 Å². The molecule has 2 amide bonds. The standard InChI is InChI=1S/C17H21IN2O3S/c1-4-24-10-9-23-16(21)14-11(2)20(3)17(22)19-15(14)12-7-5-6-8-13(12)18/h5-8,15H,4,9-10H2,1-3H3,(H,19,22)/t15-/m1/s1. The highest BCUT2D eigenvalue weighted by Gasteiger charge is 2.35. The van der Waals surface area contributed by atoms with Crippen LogP contribution < -0.4 is 5.32 Å². The summed E-state index contributed by atoms with van der Waals surface area (Å²) in [5.74, 6) is 1.38. The lowest BCUT2D eigenvalue weighted by atomic mass is 9.95. The maximum absolute atomic E-state index is 12.6. The first kappa shape index (κ1) is 19.1. The van der Waals surface area contributed by atoms with E-state index in [1.54, 1.807) is 25.7 Å². The van der Waals surface area contributed by atoms with Crippen molar-refractivity contribution in [3.05, 3.63) is 44.7 Å². The Morgan fingerprint density at radius 3 is 2.79 bits per heavy atom. The zero-order valence-corrected chi connectivity index (χ0v) is 16.9. The van der Waals surface area contributed by atoms with Gasteiger partial charge in [-0.05, 0) is 46.9 Å². The maximum atomic E-state index is 12.6. The van der Waals surface area contributed by atoms with Gasteiger partial charge in [0.2, 0.25) is 0 Å². The molecule has 2 rings (SSSR count). The molecule has 130 valence electrons. The molecule has 0 spiro atoms. The summed E-state index contributed by atoms with van der Waals surface area (Å²) >= 11 is 3.94. The quantitative estimate of drug-likeness (QED) is 0.401. The smallest absolute Gasteiger partial charge is 0.338 e. The molecule has 0 saturated carbocycles. The zero-order chi connectivity index (χ0) is 17.7. The zero-order valence-electron chi connectivity index (χ0n) is 14.0. The van der Waals surface area contributed by atoms with E-state index < -0.39 is 6.04 Å². The number of ether oxygens (including phenoxy) is 1. The molecule has 0 bridgehead atoms. The van der Waals surface area contributed by atoms with Crippen molar-refractivity contribution >= 4 is 46.4 Å². The molecule has 1 aliphatic rings. The van der Waals surface area contributed by atoms with Crippen LogP contribution in [0.5, 0.6) is 0 Å². The van der Waals surface area contributed by atoms with Crippen molar-refractivity contribution in [1.29, 1.82) is 0 Å². The number of nitrogens with zero attached hydrogens (tertiary/aromatic N) is 1. The number of thioether (sulfide) groups is 1. The Bertz CT molecular complexity index is 663. The number of benzene rings is 1. The molecular formula is C17H21IN2O3S. The monoisotopic (exact) mass is 460 g/mol. The molecule has 1 aliphatic heterocycles. The van der Waals surface area contributed by atoms with E-state index in [0.29, 0.717) is 17.9 Å². The molecule has 1 aromatic carbocycles. The lowest BCUT2D eigenvalue weighted by Gasteiger charge is -2.33. The molecule has 5 nitrogen and oxygen atoms in total. The van der Waals surface area contributed by atoms with Gasteiger partial charge >= 0.3 is 12.0 Å². The number of hydrogen-bond acceptors (Lipinski definition) is 4. The van der Waals surface area contributed by atoms with Gasteiger partial charge in [-0.2, -0.15) is 11.8 Å². The van der Waals surface area contributed by atoms with Crippen LogP contribution in [0.4, 0.5) is 4.79 Å². The number of allylic oxidation sites excluding steroid dienone is 1. The summed E-state index contributed by atoms with van der Waals surface area (Å²) in [5, 5.41) is 2.90. The molecule has 24 heavy (non-hydrogen) atoms. The molecule has 1 aromatic rings. The topological polar surface area (TPSA) is 58.6 Å². The SMILES string of the molecule is CCSCCOC(=O)C1=C(C)N(C)C(=O)N[C@@H]1c1ccccc1I. The molecule has 1 N–H and O–H groups in total. The number of nitrogens with one attached hydrogen (secondary N) is 1. The number of hydrogen-bond donors (Lipinski definition) is 1. The van der Waals surface area contributed by atoms with Crippen LogP contribution in [0.3, 0.4) is 0 Å². The fourth-order valence-corrected chi connectivity index (χ4v) is 3.65. The van der Waals surface area contributed by atoms with Crippen molar-refractivity contribution in [2.45, 2.75) is 19.9 Å². The van der Waals surface area contributed by atoms with E-state index in [1.807, 2.05) is 24.3 Å². The first-order chi connectivity index (χ1) is 11.5. The summed E-state index contributed by atoms with van der Waals surface area (Å²) in [6.45, 7) is 4.21. The average molecular weight is 460 g/mol. The molecule has 0 saturated heterocycles. The summed E-state index contributed by atoms with van der Waals surface area (Å²) in [6, 6.07) is 6.99. The van der Waals surface area contributed by atoms with Gasteiger partial charge in [-0.25, -0.2) is 9.59 Å². The van der Waals surface area contributed by atoms with Gasteiger partial charge in [-0.15, -0.1) is 0 Å². The van der Waals surface area contributed by atoms with Gasteiger partial charge in [0.15, 0.2) is 0 Å². The Labute approximate surface area is 160 Å². The Kier molecular flexibility index (Phi) is 6.97. The normalized spacial score (nSPS) is 17.8. The van der Waals surface area contributed by atoms with E-state index in [4.69, 9.17) is 4.74 Å². The highest BCUT2D eigenvalue weighted by atomic mass is 127. The van der Waals surface area contributed by atoms with Crippen molar-refractivity contribution in [2.24, 2.45) is 0 Å². The van der Waals surface area contributed by atoms with Gasteiger partial charge in [-0.1, -0.05) is 25.1 Å². The Morgan fingerprint density at radius 1 is 1.42 bits per heavy atom. The highest BCUT2D eigenvalue weighted by Crippen LogP contribution is 2.32. The van der Waals surface area contributed by atoms with E-state index in [2.05, 4.69) is 34.8 Å². The number of carbonyl (C=O) groups is 2. The molecule has 1 atom stereocenters. The fourth-order valence-electron chi connectivity index (χ4n) is 2.46. The molecule has 0 unspecified atom stereocenters. The summed E-state index contributed by atoms with van der Waals surface area (Å²) in [7, 11) is 1.65. The second-order valence-corrected chi connectivity index (χ2v) is 7.85. The van der Waals surface area contributed by atoms with Crippen LogP contribution in [0.25, 0.3) is 0 Å². The minimum atomic E-state index is -0.492. The molecular weight excluding hydrogens is 439 g/mol. The van der Waals surface area contributed by atoms with Gasteiger partial charge in [0.25, 0.3) is 0 Å². The van der Waals surface area contributed by atoms with E-state index in [9.17, 15) is 9.59 Å². The van der Waals surface area contributed by atoms with Gasteiger partial charge < -0.3 is 15.0 Å². The van der Waals surface area contributed by atoms with Gasteiger partial charge in [0.05, 0.1) is 11.6 Å². The van der Waals surface area contributed by atoms with Gasteiger partial charge in [-0.3, -0.25) is 0 Å². The number of halogens is 1. The average Bonchev–Trinajstić information content (AvgIpc) is 2.56. The summed E-state index contributed by atoms with van der Waals surface area (Å²) in [5.41, 5.74) is 2.01. The molecule has 1 heterocycles. The predicted octanol–water partition coefficient (Wildman–Crippen LogP) is 3.56. The second-order valence-electron chi connectivity index (χ2n) is 5.29. The number of carbonyl (C=O) groups excluding carboxylic acids is 2. The lowest BCUT2D eigenvalue weighted by Crippen LogP contribution is -2.46. The van der Waals surface area contributed by atoms with E-state index in [1.165, 1.54) is 4.90 Å². The van der Waals surface area contributed by atoms with Crippen LogP contribution in [0.1, 0.15) is 25.5 Å². The van der Waals surface area contributed by atoms with Crippen LogP contribution in [0, 0.1) is 3.57 Å². The first-order valence-electron chi connectivity index (χ1n) is 7.71. The maximum Gasteiger partial charge on any atom is 0.338 e. The van der Waals surface area contributed by atoms with Crippen LogP contribution >= 0.6 is 34.4 Å². The Balaban J connectivity index is 2.32. The van der Waals surface area contributed by atoms with Gasteiger partial charge in [0, 0.05) is 22.1 Å². The number of urea groups is 1. The third kappa shape index (κ3) is 4.24. The summed E-state index contributed by atoms with van der Waals surface area (Å²) in [4.78, 5) is 26.3. The Hall–Kier alpha value is -1.22. The van der Waals surface area contributed by atoms with Crippen LogP contribution in [-0.2, 0) is 9.53 Å². The van der Waals surface area contributed by atoms with Crippen molar-refractivity contribution in [3.63, 3.8) is 0 Å². The largest absolute Gasteiger partial charge is 0.461 e. The van der Waals surface area contributed by atoms with Crippen molar-refractivity contribution in [1.82, 2.24) is 10.2 Å². The minimum absolute atomic E-state index is 0.227. The molecule has 0 aliphatic carbocycles. The third-order valence-corrected chi connectivity index (χ3v) is 5.70. The molecule has 0 aromatic heterocycles. The summed E-state index contributed by atoms with van der Waals surface area (Å²) < 4.78 is 6.42. The first-order valence-corrected chi connectivity index (χ1v) is 9.95. The number of amides is 2. The fraction of sp³-hybridized carbons (Fsp3) is 0.412. The van der Waals surface area contributed by atoms with Crippen LogP contribution in [0.2, 0.25) is 0 Å². The summed E-state index contributed by atoms with van der Waals surface area (Å²) in [6.07, 6.45) is 0. The highest BCUT2D eigenvalue weighted by molar-refractivity contribution is 14.1. The number of rotatable bonds is 6. The Morgan fingerprint density at radius 2 is 2.12 bits per heavy atom. The van der Waals surface area contributed by atoms with Crippen LogP contribution in [0.15, 0.2) is 35.5 Å². The molecule has 7 heteroatoms. The molecule has 0 fully saturated rings. The third-order valence-electron chi connectivity index (χ3n) is 3.86. The lowest BCUT2D eigenvalue weighted by molar-refractivity contribution is -0.139. The molecule has 0 radical (unpaired) electrons. The minimum Gasteiger partial charge on any atom is -0.461 e.